The summed E-state index contributed by atoms with van der Waals surface area (Å²) >= 11 is 0. The molecule has 0 fully saturated rings. The fraction of sp³-hybridized carbons (Fsp3) is 0.250. The molecule has 0 radical (unpaired) electrons. The number of amides is 1. The molecule has 0 aromatic carbocycles. The first-order valence-electron chi connectivity index (χ1n) is 5.41. The van der Waals surface area contributed by atoms with Gasteiger partial charge >= 0.3 is 0 Å². The van der Waals surface area contributed by atoms with Gasteiger partial charge in [0.15, 0.2) is 0 Å². The predicted molar refractivity (Wildman–Crippen MR) is 63.6 cm³/mol. The van der Waals surface area contributed by atoms with E-state index in [0.717, 1.165) is 17.1 Å². The van der Waals surface area contributed by atoms with E-state index in [2.05, 4.69) is 10.1 Å². The zero-order chi connectivity index (χ0) is 12.3. The van der Waals surface area contributed by atoms with Gasteiger partial charge in [0.05, 0.1) is 5.69 Å². The third-order valence-electron chi connectivity index (χ3n) is 2.47. The Morgan fingerprint density at radius 1 is 1.41 bits per heavy atom. The van der Waals surface area contributed by atoms with Crippen LogP contribution in [0.2, 0.25) is 0 Å². The van der Waals surface area contributed by atoms with Crippen molar-refractivity contribution in [3.63, 3.8) is 0 Å². The summed E-state index contributed by atoms with van der Waals surface area (Å²) in [4.78, 5) is 14.9. The molecule has 0 aliphatic rings. The van der Waals surface area contributed by atoms with Crippen LogP contribution >= 0.6 is 0 Å². The minimum atomic E-state index is -0.302. The number of rotatable bonds is 4. The van der Waals surface area contributed by atoms with Crippen molar-refractivity contribution < 1.29 is 4.79 Å². The fourth-order valence-electron chi connectivity index (χ4n) is 1.67. The number of nitrogens with two attached hydrogens (primary N) is 1. The molecule has 0 spiro atoms. The number of primary amides is 1. The number of nitrogens with zero attached hydrogens (tertiary/aromatic N) is 3. The molecule has 0 aliphatic carbocycles. The number of carbonyl (C=O) groups is 1. The molecular formula is C12H14N4O. The summed E-state index contributed by atoms with van der Waals surface area (Å²) < 4.78 is 1.80. The first-order valence-corrected chi connectivity index (χ1v) is 5.41. The summed E-state index contributed by atoms with van der Waals surface area (Å²) in [7, 11) is 0. The van der Waals surface area contributed by atoms with Crippen LogP contribution in [0, 0.1) is 6.92 Å². The van der Waals surface area contributed by atoms with E-state index in [1.165, 1.54) is 0 Å². The van der Waals surface area contributed by atoms with Crippen LogP contribution in [0.25, 0.3) is 5.69 Å². The first kappa shape index (κ1) is 11.3. The van der Waals surface area contributed by atoms with Gasteiger partial charge in [-0.3, -0.25) is 9.78 Å². The second-order valence-electron chi connectivity index (χ2n) is 3.86. The average molecular weight is 230 g/mol. The highest BCUT2D eigenvalue weighted by Crippen LogP contribution is 2.12. The molecule has 2 aromatic rings. The largest absolute Gasteiger partial charge is 0.370 e. The van der Waals surface area contributed by atoms with Crippen molar-refractivity contribution in [2.24, 2.45) is 5.73 Å². The zero-order valence-electron chi connectivity index (χ0n) is 9.63. The van der Waals surface area contributed by atoms with Crippen LogP contribution in [0.15, 0.2) is 30.6 Å². The highest BCUT2D eigenvalue weighted by Gasteiger charge is 2.06. The van der Waals surface area contributed by atoms with Gasteiger partial charge in [-0.2, -0.15) is 5.10 Å². The molecule has 5 heteroatoms. The van der Waals surface area contributed by atoms with Crippen LogP contribution in [-0.2, 0) is 11.2 Å². The minimum absolute atomic E-state index is 0.302. The standard InChI is InChI=1S/C12H14N4O/c1-9-8-11(4-6-14-9)16-10(5-7-15-16)2-3-12(13)17/h4-8H,2-3H2,1H3,(H2,13,17). The molecule has 0 aliphatic heterocycles. The van der Waals surface area contributed by atoms with Crippen LogP contribution in [0.5, 0.6) is 0 Å². The number of aromatic nitrogens is 3. The van der Waals surface area contributed by atoms with E-state index < -0.39 is 0 Å². The molecule has 0 unspecified atom stereocenters. The lowest BCUT2D eigenvalue weighted by atomic mass is 10.2. The normalized spacial score (nSPS) is 10.4. The molecule has 88 valence electrons. The van der Waals surface area contributed by atoms with Crippen molar-refractivity contribution in [2.75, 3.05) is 0 Å². The van der Waals surface area contributed by atoms with Crippen molar-refractivity contribution in [2.45, 2.75) is 19.8 Å². The smallest absolute Gasteiger partial charge is 0.217 e. The minimum Gasteiger partial charge on any atom is -0.370 e. The lowest BCUT2D eigenvalue weighted by Gasteiger charge is -2.07. The van der Waals surface area contributed by atoms with Crippen LogP contribution in [0.3, 0.4) is 0 Å². The number of hydrogen-bond donors (Lipinski definition) is 1. The Hall–Kier alpha value is -2.17. The molecule has 17 heavy (non-hydrogen) atoms. The average Bonchev–Trinajstić information content (AvgIpc) is 2.74. The van der Waals surface area contributed by atoms with E-state index in [9.17, 15) is 4.79 Å². The number of pyridine rings is 1. The lowest BCUT2D eigenvalue weighted by molar-refractivity contribution is -0.118. The fourth-order valence-corrected chi connectivity index (χ4v) is 1.67. The van der Waals surface area contributed by atoms with E-state index in [0.29, 0.717) is 12.8 Å². The van der Waals surface area contributed by atoms with E-state index in [1.54, 1.807) is 17.1 Å². The van der Waals surface area contributed by atoms with Gasteiger partial charge in [0, 0.05) is 30.2 Å². The van der Waals surface area contributed by atoms with Crippen molar-refractivity contribution >= 4 is 5.91 Å². The third kappa shape index (κ3) is 2.69. The van der Waals surface area contributed by atoms with Crippen molar-refractivity contribution in [3.8, 4) is 5.69 Å². The number of hydrogen-bond acceptors (Lipinski definition) is 3. The Balaban J connectivity index is 2.27. The highest BCUT2D eigenvalue weighted by atomic mass is 16.1. The van der Waals surface area contributed by atoms with Crippen LogP contribution in [0.1, 0.15) is 17.8 Å². The molecule has 0 atom stereocenters. The van der Waals surface area contributed by atoms with Gasteiger partial charge in [-0.15, -0.1) is 0 Å². The maximum atomic E-state index is 10.8. The molecule has 2 heterocycles. The Bertz CT molecular complexity index is 533. The van der Waals surface area contributed by atoms with Gasteiger partial charge < -0.3 is 5.73 Å². The third-order valence-corrected chi connectivity index (χ3v) is 2.47. The summed E-state index contributed by atoms with van der Waals surface area (Å²) in [5.74, 6) is -0.302. The maximum Gasteiger partial charge on any atom is 0.217 e. The van der Waals surface area contributed by atoms with E-state index in [-0.39, 0.29) is 5.91 Å². The quantitative estimate of drug-likeness (QED) is 0.851. The molecule has 2 aromatic heterocycles. The summed E-state index contributed by atoms with van der Waals surface area (Å²) in [5, 5.41) is 4.24. The van der Waals surface area contributed by atoms with Gasteiger partial charge in [0.1, 0.15) is 0 Å². The summed E-state index contributed by atoms with van der Waals surface area (Å²) in [6.07, 6.45) is 4.38. The topological polar surface area (TPSA) is 73.8 Å². The number of aryl methyl sites for hydroxylation is 2. The van der Waals surface area contributed by atoms with Crippen molar-refractivity contribution in [3.05, 3.63) is 42.0 Å². The Labute approximate surface area is 99.3 Å². The van der Waals surface area contributed by atoms with Gasteiger partial charge in [-0.05, 0) is 31.5 Å². The highest BCUT2D eigenvalue weighted by molar-refractivity contribution is 5.73. The molecule has 2 N–H and O–H groups in total. The molecule has 2 rings (SSSR count). The SMILES string of the molecule is Cc1cc(-n2nccc2CCC(N)=O)ccn1. The van der Waals surface area contributed by atoms with Gasteiger partial charge in [0.2, 0.25) is 5.91 Å². The van der Waals surface area contributed by atoms with Gasteiger partial charge in [-0.25, -0.2) is 4.68 Å². The molecule has 5 nitrogen and oxygen atoms in total. The van der Waals surface area contributed by atoms with Gasteiger partial charge in [0.25, 0.3) is 0 Å². The van der Waals surface area contributed by atoms with Crippen LogP contribution in [-0.4, -0.2) is 20.7 Å². The van der Waals surface area contributed by atoms with Crippen LogP contribution in [0.4, 0.5) is 0 Å². The Morgan fingerprint density at radius 3 is 2.94 bits per heavy atom. The molecule has 0 saturated carbocycles. The van der Waals surface area contributed by atoms with Crippen molar-refractivity contribution in [1.82, 2.24) is 14.8 Å². The molecule has 0 bridgehead atoms. The lowest BCUT2D eigenvalue weighted by Crippen LogP contribution is -2.13. The van der Waals surface area contributed by atoms with E-state index >= 15 is 0 Å². The molecular weight excluding hydrogens is 216 g/mol. The van der Waals surface area contributed by atoms with Crippen LogP contribution < -0.4 is 5.73 Å². The molecule has 0 saturated heterocycles. The maximum absolute atomic E-state index is 10.8. The van der Waals surface area contributed by atoms with E-state index in [4.69, 9.17) is 5.73 Å². The van der Waals surface area contributed by atoms with Crippen molar-refractivity contribution in [1.29, 1.82) is 0 Å². The summed E-state index contributed by atoms with van der Waals surface area (Å²) in [6, 6.07) is 5.72. The summed E-state index contributed by atoms with van der Waals surface area (Å²) in [6.45, 7) is 1.93. The monoisotopic (exact) mass is 230 g/mol. The second kappa shape index (κ2) is 4.78. The Morgan fingerprint density at radius 2 is 2.24 bits per heavy atom. The second-order valence-corrected chi connectivity index (χ2v) is 3.86. The zero-order valence-corrected chi connectivity index (χ0v) is 9.63. The Kier molecular flexibility index (Phi) is 3.18. The molecule has 1 amide bonds. The summed E-state index contributed by atoms with van der Waals surface area (Å²) in [5.41, 5.74) is 7.99. The number of carbonyl (C=O) groups excluding carboxylic acids is 1. The van der Waals surface area contributed by atoms with E-state index in [1.807, 2.05) is 25.1 Å². The van der Waals surface area contributed by atoms with Gasteiger partial charge in [-0.1, -0.05) is 0 Å². The predicted octanol–water partition coefficient (Wildman–Crippen LogP) is 0.994. The first-order chi connectivity index (χ1) is 8.16.